The van der Waals surface area contributed by atoms with Gasteiger partial charge in [-0.3, -0.25) is 4.31 Å². The van der Waals surface area contributed by atoms with Crippen LogP contribution in [0.3, 0.4) is 0 Å². The zero-order chi connectivity index (χ0) is 20.1. The van der Waals surface area contributed by atoms with Crippen molar-refractivity contribution in [3.63, 3.8) is 0 Å². The fraction of sp³-hybridized carbons (Fsp3) is 0.455. The van der Waals surface area contributed by atoms with Crippen LogP contribution < -0.4 is 9.04 Å². The Kier molecular flexibility index (Phi) is 6.67. The number of anilines is 1. The first-order valence-electron chi connectivity index (χ1n) is 10.3. The summed E-state index contributed by atoms with van der Waals surface area (Å²) in [6.45, 7) is 4.57. The van der Waals surface area contributed by atoms with Gasteiger partial charge in [-0.1, -0.05) is 24.6 Å². The maximum Gasteiger partial charge on any atom is 0.264 e. The van der Waals surface area contributed by atoms with E-state index < -0.39 is 10.0 Å². The molecule has 0 bridgehead atoms. The summed E-state index contributed by atoms with van der Waals surface area (Å²) < 4.78 is 33.8. The lowest BCUT2D eigenvalue weighted by Gasteiger charge is -2.30. The fourth-order valence-corrected chi connectivity index (χ4v) is 6.54. The highest BCUT2D eigenvalue weighted by Crippen LogP contribution is 2.39. The van der Waals surface area contributed by atoms with Crippen LogP contribution >= 0.6 is 11.8 Å². The van der Waals surface area contributed by atoms with Crippen LogP contribution in [0, 0.1) is 0 Å². The van der Waals surface area contributed by atoms with Gasteiger partial charge in [0.25, 0.3) is 10.0 Å². The maximum absolute atomic E-state index is 13.2. The number of likely N-dealkylation sites (tertiary alicyclic amines) is 1. The van der Waals surface area contributed by atoms with Crippen LogP contribution in [0.4, 0.5) is 5.69 Å². The van der Waals surface area contributed by atoms with Crippen molar-refractivity contribution in [2.45, 2.75) is 35.5 Å². The SMILES string of the molecule is O=S(=O)(c1ccccc1)N1CCSc2ccc(OCCCN3CCCCC3)cc21. The number of fused-ring (bicyclic) bond motifs is 1. The lowest BCUT2D eigenvalue weighted by molar-refractivity contribution is 0.205. The minimum Gasteiger partial charge on any atom is -0.493 e. The number of rotatable bonds is 7. The Labute approximate surface area is 178 Å². The standard InChI is InChI=1S/C22H28N2O3S2/c25-29(26,20-8-3-1-4-9-20)24-15-17-28-22-11-10-19(18-21(22)24)27-16-7-14-23-12-5-2-6-13-23/h1,3-4,8-11,18H,2,5-7,12-17H2. The molecule has 2 aliphatic rings. The molecule has 2 aromatic carbocycles. The second-order valence-electron chi connectivity index (χ2n) is 7.47. The average Bonchev–Trinajstić information content (AvgIpc) is 2.77. The van der Waals surface area contributed by atoms with E-state index in [1.807, 2.05) is 24.3 Å². The van der Waals surface area contributed by atoms with Crippen molar-refractivity contribution in [3.8, 4) is 5.75 Å². The van der Waals surface area contributed by atoms with Gasteiger partial charge in [-0.2, -0.15) is 0 Å². The summed E-state index contributed by atoms with van der Waals surface area (Å²) in [4.78, 5) is 3.81. The maximum atomic E-state index is 13.2. The molecular formula is C22H28N2O3S2. The van der Waals surface area contributed by atoms with Crippen molar-refractivity contribution in [2.75, 3.05) is 42.8 Å². The second-order valence-corrected chi connectivity index (χ2v) is 10.5. The zero-order valence-electron chi connectivity index (χ0n) is 16.6. The number of piperidine rings is 1. The molecule has 0 aliphatic carbocycles. The van der Waals surface area contributed by atoms with Gasteiger partial charge in [-0.15, -0.1) is 11.8 Å². The van der Waals surface area contributed by atoms with Gasteiger partial charge in [-0.25, -0.2) is 8.42 Å². The number of hydrogen-bond acceptors (Lipinski definition) is 5. The van der Waals surface area contributed by atoms with Gasteiger partial charge in [0.2, 0.25) is 0 Å². The predicted molar refractivity (Wildman–Crippen MR) is 119 cm³/mol. The molecule has 0 spiro atoms. The minimum absolute atomic E-state index is 0.325. The predicted octanol–water partition coefficient (Wildman–Crippen LogP) is 4.24. The van der Waals surface area contributed by atoms with Gasteiger partial charge in [0.15, 0.2) is 0 Å². The van der Waals surface area contributed by atoms with E-state index in [9.17, 15) is 8.42 Å². The second kappa shape index (κ2) is 9.41. The molecule has 2 aliphatic heterocycles. The summed E-state index contributed by atoms with van der Waals surface area (Å²) in [5, 5.41) is 0. The van der Waals surface area contributed by atoms with Gasteiger partial charge < -0.3 is 9.64 Å². The molecule has 0 saturated carbocycles. The van der Waals surface area contributed by atoms with Crippen molar-refractivity contribution in [1.29, 1.82) is 0 Å². The van der Waals surface area contributed by atoms with E-state index in [0.717, 1.165) is 35.1 Å². The molecule has 0 amide bonds. The van der Waals surface area contributed by atoms with E-state index in [2.05, 4.69) is 4.90 Å². The normalized spacial score (nSPS) is 17.7. The molecule has 29 heavy (non-hydrogen) atoms. The molecule has 156 valence electrons. The Morgan fingerprint density at radius 3 is 2.55 bits per heavy atom. The Bertz CT molecular complexity index is 913. The highest BCUT2D eigenvalue weighted by atomic mass is 32.2. The van der Waals surface area contributed by atoms with Crippen LogP contribution in [0.1, 0.15) is 25.7 Å². The first-order valence-corrected chi connectivity index (χ1v) is 12.8. The molecule has 1 fully saturated rings. The van der Waals surface area contributed by atoms with Crippen molar-refractivity contribution in [2.24, 2.45) is 0 Å². The molecule has 2 heterocycles. The minimum atomic E-state index is -3.57. The van der Waals surface area contributed by atoms with E-state index in [1.165, 1.54) is 36.7 Å². The van der Waals surface area contributed by atoms with Crippen LogP contribution in [-0.2, 0) is 10.0 Å². The lowest BCUT2D eigenvalue weighted by atomic mass is 10.1. The van der Waals surface area contributed by atoms with E-state index in [4.69, 9.17) is 4.74 Å². The van der Waals surface area contributed by atoms with Crippen LogP contribution in [0.15, 0.2) is 58.3 Å². The molecule has 0 atom stereocenters. The number of thioether (sulfide) groups is 1. The van der Waals surface area contributed by atoms with Gasteiger partial charge in [0.05, 0.1) is 17.2 Å². The van der Waals surface area contributed by atoms with Crippen LogP contribution in [0.2, 0.25) is 0 Å². The van der Waals surface area contributed by atoms with E-state index in [1.54, 1.807) is 36.0 Å². The molecule has 0 N–H and O–H groups in total. The number of benzene rings is 2. The largest absolute Gasteiger partial charge is 0.493 e. The highest BCUT2D eigenvalue weighted by Gasteiger charge is 2.29. The van der Waals surface area contributed by atoms with Gasteiger partial charge in [-0.05, 0) is 56.6 Å². The molecular weight excluding hydrogens is 404 g/mol. The van der Waals surface area contributed by atoms with Crippen molar-refractivity contribution >= 4 is 27.5 Å². The Balaban J connectivity index is 1.44. The van der Waals surface area contributed by atoms with Crippen molar-refractivity contribution in [1.82, 2.24) is 4.90 Å². The Morgan fingerprint density at radius 2 is 1.76 bits per heavy atom. The van der Waals surface area contributed by atoms with Crippen molar-refractivity contribution < 1.29 is 13.2 Å². The van der Waals surface area contributed by atoms with Gasteiger partial charge in [0.1, 0.15) is 5.75 Å². The summed E-state index contributed by atoms with van der Waals surface area (Å²) in [7, 11) is -3.57. The van der Waals surface area contributed by atoms with Gasteiger partial charge in [0, 0.05) is 29.8 Å². The topological polar surface area (TPSA) is 49.9 Å². The number of ether oxygens (including phenoxy) is 1. The molecule has 4 rings (SSSR count). The number of nitrogens with zero attached hydrogens (tertiary/aromatic N) is 2. The highest BCUT2D eigenvalue weighted by molar-refractivity contribution is 8.00. The third-order valence-electron chi connectivity index (χ3n) is 5.42. The Hall–Kier alpha value is -1.70. The summed E-state index contributed by atoms with van der Waals surface area (Å²) in [5.41, 5.74) is 0.721. The zero-order valence-corrected chi connectivity index (χ0v) is 18.3. The molecule has 0 radical (unpaired) electrons. The van der Waals surface area contributed by atoms with Crippen LogP contribution in [0.25, 0.3) is 0 Å². The summed E-state index contributed by atoms with van der Waals surface area (Å²) in [6.07, 6.45) is 4.94. The van der Waals surface area contributed by atoms with E-state index in [0.29, 0.717) is 18.0 Å². The summed E-state index contributed by atoms with van der Waals surface area (Å²) in [5.74, 6) is 1.48. The molecule has 7 heteroatoms. The summed E-state index contributed by atoms with van der Waals surface area (Å²) >= 11 is 1.69. The number of sulfonamides is 1. The van der Waals surface area contributed by atoms with Crippen LogP contribution in [0.5, 0.6) is 5.75 Å². The smallest absolute Gasteiger partial charge is 0.264 e. The van der Waals surface area contributed by atoms with Gasteiger partial charge >= 0.3 is 0 Å². The molecule has 0 unspecified atom stereocenters. The average molecular weight is 433 g/mol. The molecule has 2 aromatic rings. The quantitative estimate of drug-likeness (QED) is 0.613. The number of hydrogen-bond donors (Lipinski definition) is 0. The third-order valence-corrected chi connectivity index (χ3v) is 8.29. The third kappa shape index (κ3) is 4.90. The molecule has 1 saturated heterocycles. The first-order chi connectivity index (χ1) is 14.1. The lowest BCUT2D eigenvalue weighted by Crippen LogP contribution is -2.35. The Morgan fingerprint density at radius 1 is 0.966 bits per heavy atom. The monoisotopic (exact) mass is 432 g/mol. The summed E-state index contributed by atoms with van der Waals surface area (Å²) in [6, 6.07) is 14.5. The van der Waals surface area contributed by atoms with Crippen LogP contribution in [-0.4, -0.2) is 51.9 Å². The van der Waals surface area contributed by atoms with E-state index >= 15 is 0 Å². The molecule has 5 nitrogen and oxygen atoms in total. The first kappa shape index (κ1) is 20.6. The van der Waals surface area contributed by atoms with Crippen molar-refractivity contribution in [3.05, 3.63) is 48.5 Å². The molecule has 0 aromatic heterocycles. The van der Waals surface area contributed by atoms with E-state index in [-0.39, 0.29) is 0 Å². The fourth-order valence-electron chi connectivity index (χ4n) is 3.89.